The Morgan fingerprint density at radius 2 is 2.03 bits per heavy atom. The molecule has 1 saturated carbocycles. The SMILES string of the molecule is O=C(O)CCC/C=C/C[C@@H]1[C@@H](OC[C@@H](O)COc2cccc(Cl)c2)[C@H](O)C[C@@H]1O. The molecule has 2 rings (SSSR count). The zero-order valence-corrected chi connectivity index (χ0v) is 16.9. The normalized spacial score (nSPS) is 25.4. The number of carbonyl (C=O) groups is 1. The fourth-order valence-corrected chi connectivity index (χ4v) is 3.53. The van der Waals surface area contributed by atoms with E-state index in [0.717, 1.165) is 0 Å². The van der Waals surface area contributed by atoms with Crippen molar-refractivity contribution in [2.45, 2.75) is 56.5 Å². The maximum Gasteiger partial charge on any atom is 0.303 e. The fourth-order valence-electron chi connectivity index (χ4n) is 3.35. The molecule has 5 atom stereocenters. The molecule has 1 aliphatic rings. The van der Waals surface area contributed by atoms with Gasteiger partial charge in [-0.3, -0.25) is 4.79 Å². The lowest BCUT2D eigenvalue weighted by Gasteiger charge is -2.24. The number of carboxylic acids is 1. The van der Waals surface area contributed by atoms with Gasteiger partial charge in [-0.2, -0.15) is 0 Å². The van der Waals surface area contributed by atoms with Crippen molar-refractivity contribution in [2.24, 2.45) is 5.92 Å². The number of allylic oxidation sites excluding steroid dienone is 2. The molecule has 0 heterocycles. The summed E-state index contributed by atoms with van der Waals surface area (Å²) in [6.45, 7) is -0.0201. The molecule has 0 radical (unpaired) electrons. The third-order valence-corrected chi connectivity index (χ3v) is 5.07. The van der Waals surface area contributed by atoms with Crippen molar-refractivity contribution in [3.8, 4) is 5.75 Å². The number of ether oxygens (including phenoxy) is 2. The van der Waals surface area contributed by atoms with E-state index in [9.17, 15) is 20.1 Å². The van der Waals surface area contributed by atoms with Gasteiger partial charge in [0, 0.05) is 23.8 Å². The summed E-state index contributed by atoms with van der Waals surface area (Å²) in [5, 5.41) is 39.6. The first kappa shape index (κ1) is 23.6. The number of aliphatic hydroxyl groups excluding tert-OH is 3. The molecule has 0 aliphatic heterocycles. The molecule has 8 heteroatoms. The van der Waals surface area contributed by atoms with E-state index in [-0.39, 0.29) is 32.0 Å². The topological polar surface area (TPSA) is 116 Å². The second kappa shape index (κ2) is 12.1. The molecule has 29 heavy (non-hydrogen) atoms. The highest BCUT2D eigenvalue weighted by Crippen LogP contribution is 2.32. The average molecular weight is 429 g/mol. The zero-order chi connectivity index (χ0) is 21.2. The van der Waals surface area contributed by atoms with Gasteiger partial charge in [0.2, 0.25) is 0 Å². The van der Waals surface area contributed by atoms with Gasteiger partial charge >= 0.3 is 5.97 Å². The van der Waals surface area contributed by atoms with Crippen LogP contribution >= 0.6 is 11.6 Å². The highest BCUT2D eigenvalue weighted by atomic mass is 35.5. The third-order valence-electron chi connectivity index (χ3n) is 4.83. The standard InChI is InChI=1S/C21H29ClO7/c22-14-6-5-7-16(10-14)28-12-15(23)13-29-21-17(18(24)11-19(21)25)8-3-1-2-4-9-20(26)27/h1,3,5-7,10,15,17-19,21,23-25H,2,4,8-9,11-13H2,(H,26,27)/b3-1+/t15-,17-,18-,19+,21+/m0/s1. The molecule has 0 spiro atoms. The van der Waals surface area contributed by atoms with Crippen LogP contribution in [0.4, 0.5) is 0 Å². The first-order chi connectivity index (χ1) is 13.9. The second-order valence-corrected chi connectivity index (χ2v) is 7.68. The number of aliphatic carboxylic acids is 1. The Balaban J connectivity index is 1.75. The molecule has 7 nitrogen and oxygen atoms in total. The van der Waals surface area contributed by atoms with Crippen LogP contribution in [-0.4, -0.2) is 64.0 Å². The number of aliphatic hydroxyl groups is 3. The molecule has 1 aromatic carbocycles. The minimum atomic E-state index is -0.897. The van der Waals surface area contributed by atoms with E-state index in [2.05, 4.69) is 0 Å². The van der Waals surface area contributed by atoms with E-state index in [1.807, 2.05) is 12.2 Å². The van der Waals surface area contributed by atoms with E-state index in [0.29, 0.717) is 30.0 Å². The van der Waals surface area contributed by atoms with Crippen LogP contribution in [0.1, 0.15) is 32.1 Å². The molecule has 1 fully saturated rings. The number of carboxylic acid groups (broad SMARTS) is 1. The molecule has 162 valence electrons. The lowest BCUT2D eigenvalue weighted by molar-refractivity contribution is -0.137. The van der Waals surface area contributed by atoms with Crippen LogP contribution in [0.25, 0.3) is 0 Å². The highest BCUT2D eigenvalue weighted by Gasteiger charge is 2.42. The Kier molecular flexibility index (Phi) is 9.90. The number of hydrogen-bond acceptors (Lipinski definition) is 6. The van der Waals surface area contributed by atoms with Crippen LogP contribution in [-0.2, 0) is 9.53 Å². The summed E-state index contributed by atoms with van der Waals surface area (Å²) < 4.78 is 11.2. The van der Waals surface area contributed by atoms with Crippen molar-refractivity contribution >= 4 is 17.6 Å². The van der Waals surface area contributed by atoms with Crippen molar-refractivity contribution in [1.29, 1.82) is 0 Å². The Bertz CT molecular complexity index is 666. The van der Waals surface area contributed by atoms with E-state index in [4.69, 9.17) is 26.2 Å². The van der Waals surface area contributed by atoms with Gasteiger partial charge in [-0.1, -0.05) is 29.8 Å². The fraction of sp³-hybridized carbons (Fsp3) is 0.571. The summed E-state index contributed by atoms with van der Waals surface area (Å²) in [7, 11) is 0. The summed E-state index contributed by atoms with van der Waals surface area (Å²) in [6.07, 6.45) is 2.81. The minimum Gasteiger partial charge on any atom is -0.491 e. The highest BCUT2D eigenvalue weighted by molar-refractivity contribution is 6.30. The van der Waals surface area contributed by atoms with E-state index in [1.165, 1.54) is 0 Å². The van der Waals surface area contributed by atoms with Crippen molar-refractivity contribution in [3.05, 3.63) is 41.4 Å². The molecule has 0 saturated heterocycles. The second-order valence-electron chi connectivity index (χ2n) is 7.25. The van der Waals surface area contributed by atoms with Gasteiger partial charge in [-0.25, -0.2) is 0 Å². The van der Waals surface area contributed by atoms with Gasteiger partial charge in [0.1, 0.15) is 18.5 Å². The lowest BCUT2D eigenvalue weighted by atomic mass is 9.98. The number of hydrogen-bond donors (Lipinski definition) is 4. The van der Waals surface area contributed by atoms with Crippen molar-refractivity contribution < 1.29 is 34.7 Å². The Morgan fingerprint density at radius 1 is 1.24 bits per heavy atom. The Morgan fingerprint density at radius 3 is 2.76 bits per heavy atom. The number of rotatable bonds is 12. The van der Waals surface area contributed by atoms with Crippen molar-refractivity contribution in [2.75, 3.05) is 13.2 Å². The summed E-state index contributed by atoms with van der Waals surface area (Å²) in [5.41, 5.74) is 0. The summed E-state index contributed by atoms with van der Waals surface area (Å²) in [4.78, 5) is 10.5. The number of benzene rings is 1. The van der Waals surface area contributed by atoms with Gasteiger partial charge in [0.25, 0.3) is 0 Å². The van der Waals surface area contributed by atoms with Gasteiger partial charge < -0.3 is 29.9 Å². The van der Waals surface area contributed by atoms with Gasteiger partial charge in [-0.15, -0.1) is 0 Å². The predicted molar refractivity (Wildman–Crippen MR) is 108 cm³/mol. The summed E-state index contributed by atoms with van der Waals surface area (Å²) in [5.74, 6) is -0.570. The third kappa shape index (κ3) is 8.32. The summed E-state index contributed by atoms with van der Waals surface area (Å²) in [6, 6.07) is 6.85. The largest absolute Gasteiger partial charge is 0.491 e. The lowest BCUT2D eigenvalue weighted by Crippen LogP contribution is -2.34. The van der Waals surface area contributed by atoms with Gasteiger partial charge in [0.15, 0.2) is 0 Å². The molecule has 0 unspecified atom stereocenters. The molecule has 0 amide bonds. The zero-order valence-electron chi connectivity index (χ0n) is 16.2. The predicted octanol–water partition coefficient (Wildman–Crippen LogP) is 2.41. The van der Waals surface area contributed by atoms with Crippen molar-refractivity contribution in [3.63, 3.8) is 0 Å². The molecule has 0 bridgehead atoms. The number of unbranched alkanes of at least 4 members (excludes halogenated alkanes) is 1. The number of halogens is 1. The molecule has 0 aromatic heterocycles. The van der Waals surface area contributed by atoms with Crippen LogP contribution in [0.3, 0.4) is 0 Å². The van der Waals surface area contributed by atoms with Crippen LogP contribution in [0.15, 0.2) is 36.4 Å². The monoisotopic (exact) mass is 428 g/mol. The average Bonchev–Trinajstić information content (AvgIpc) is 2.93. The van der Waals surface area contributed by atoms with E-state index < -0.39 is 30.4 Å². The quantitative estimate of drug-likeness (QED) is 0.298. The first-order valence-electron chi connectivity index (χ1n) is 9.77. The molecule has 1 aliphatic carbocycles. The maximum atomic E-state index is 10.5. The van der Waals surface area contributed by atoms with Crippen LogP contribution in [0, 0.1) is 5.92 Å². The molecule has 1 aromatic rings. The van der Waals surface area contributed by atoms with Gasteiger partial charge in [-0.05, 0) is 37.5 Å². The molecular formula is C21H29ClO7. The summed E-state index contributed by atoms with van der Waals surface area (Å²) >= 11 is 5.89. The van der Waals surface area contributed by atoms with Crippen LogP contribution < -0.4 is 4.74 Å². The van der Waals surface area contributed by atoms with Crippen LogP contribution in [0.5, 0.6) is 5.75 Å². The van der Waals surface area contributed by atoms with Crippen molar-refractivity contribution in [1.82, 2.24) is 0 Å². The smallest absolute Gasteiger partial charge is 0.303 e. The maximum absolute atomic E-state index is 10.5. The molecule has 4 N–H and O–H groups in total. The van der Waals surface area contributed by atoms with E-state index in [1.54, 1.807) is 24.3 Å². The van der Waals surface area contributed by atoms with Gasteiger partial charge in [0.05, 0.1) is 24.9 Å². The van der Waals surface area contributed by atoms with E-state index >= 15 is 0 Å². The molecular weight excluding hydrogens is 400 g/mol. The first-order valence-corrected chi connectivity index (χ1v) is 10.2. The van der Waals surface area contributed by atoms with Crippen LogP contribution in [0.2, 0.25) is 5.02 Å². The Labute approximate surface area is 175 Å². The minimum absolute atomic E-state index is 0.0137. The Hall–Kier alpha value is -1.64.